The Balaban J connectivity index is 1.71. The predicted molar refractivity (Wildman–Crippen MR) is 123 cm³/mol. The fourth-order valence-electron chi connectivity index (χ4n) is 3.57. The number of anilines is 2. The molecule has 0 bridgehead atoms. The molecule has 5 aromatic rings. The average molecular weight is 470 g/mol. The van der Waals surface area contributed by atoms with E-state index in [1.807, 2.05) is 42.2 Å². The van der Waals surface area contributed by atoms with E-state index in [0.717, 1.165) is 0 Å². The van der Waals surface area contributed by atoms with Crippen molar-refractivity contribution < 1.29 is 0 Å². The maximum Gasteiger partial charge on any atom is 0.284 e. The third-order valence-electron chi connectivity index (χ3n) is 5.04. The van der Waals surface area contributed by atoms with Crippen LogP contribution >= 0.6 is 23.2 Å². The molecule has 0 saturated heterocycles. The molecule has 32 heavy (non-hydrogen) atoms. The maximum absolute atomic E-state index is 13.4. The van der Waals surface area contributed by atoms with Crippen molar-refractivity contribution in [3.8, 4) is 5.69 Å². The van der Waals surface area contributed by atoms with Crippen LogP contribution in [0, 0.1) is 0 Å². The van der Waals surface area contributed by atoms with Crippen molar-refractivity contribution in [3.63, 3.8) is 0 Å². The van der Waals surface area contributed by atoms with Gasteiger partial charge in [0, 0.05) is 12.7 Å². The van der Waals surface area contributed by atoms with Gasteiger partial charge in [-0.25, -0.2) is 4.52 Å². The largest absolute Gasteiger partial charge is 0.368 e. The molecule has 4 heterocycles. The molecule has 0 spiro atoms. The molecule has 0 radical (unpaired) electrons. The van der Waals surface area contributed by atoms with Crippen molar-refractivity contribution >= 4 is 46.3 Å². The zero-order chi connectivity index (χ0) is 22.4. The van der Waals surface area contributed by atoms with Crippen LogP contribution in [0.1, 0.15) is 12.7 Å². The first-order valence-corrected chi connectivity index (χ1v) is 10.5. The molecule has 0 aliphatic heterocycles. The van der Waals surface area contributed by atoms with Crippen LogP contribution in [-0.2, 0) is 6.54 Å². The van der Waals surface area contributed by atoms with E-state index in [-0.39, 0.29) is 18.1 Å². The number of rotatable bonds is 5. The Morgan fingerprint density at radius 2 is 1.88 bits per heavy atom. The standard InChI is InChI=1S/C20H17Cl2N9O/c1-2-28(20-26-19(23)25-17-14(22)10-24-31(17)20)11-15-27-29-9-8-13(21)16(29)18(32)30(15)12-6-4-3-5-7-12/h3-10H,2,11H2,1H3,(H2,23,25). The Kier molecular flexibility index (Phi) is 4.95. The molecule has 2 N–H and O–H groups in total. The average Bonchev–Trinajstić information content (AvgIpc) is 3.35. The summed E-state index contributed by atoms with van der Waals surface area (Å²) in [6, 6.07) is 10.9. The highest BCUT2D eigenvalue weighted by Gasteiger charge is 2.21. The zero-order valence-corrected chi connectivity index (χ0v) is 18.4. The van der Waals surface area contributed by atoms with E-state index in [1.165, 1.54) is 15.2 Å². The quantitative estimate of drug-likeness (QED) is 0.421. The van der Waals surface area contributed by atoms with Crippen molar-refractivity contribution in [2.75, 3.05) is 17.2 Å². The van der Waals surface area contributed by atoms with E-state index in [4.69, 9.17) is 28.9 Å². The summed E-state index contributed by atoms with van der Waals surface area (Å²) in [5.74, 6) is 0.974. The van der Waals surface area contributed by atoms with Gasteiger partial charge < -0.3 is 10.6 Å². The Hall–Kier alpha value is -3.63. The van der Waals surface area contributed by atoms with Gasteiger partial charge in [-0.15, -0.1) is 0 Å². The summed E-state index contributed by atoms with van der Waals surface area (Å²) in [5.41, 5.74) is 7.02. The fraction of sp³-hybridized carbons (Fsp3) is 0.150. The van der Waals surface area contributed by atoms with Crippen LogP contribution in [0.4, 0.5) is 11.9 Å². The van der Waals surface area contributed by atoms with Gasteiger partial charge in [0.2, 0.25) is 11.9 Å². The Morgan fingerprint density at radius 3 is 2.62 bits per heavy atom. The number of halogens is 2. The van der Waals surface area contributed by atoms with Gasteiger partial charge in [0.15, 0.2) is 11.5 Å². The normalized spacial score (nSPS) is 11.5. The minimum atomic E-state index is -0.276. The van der Waals surface area contributed by atoms with Gasteiger partial charge in [-0.3, -0.25) is 9.36 Å². The van der Waals surface area contributed by atoms with Crippen molar-refractivity contribution in [1.29, 1.82) is 0 Å². The molecule has 5 rings (SSSR count). The van der Waals surface area contributed by atoms with Crippen LogP contribution in [-0.4, -0.2) is 40.3 Å². The molecule has 162 valence electrons. The van der Waals surface area contributed by atoms with Crippen LogP contribution in [0.15, 0.2) is 53.6 Å². The number of nitrogen functional groups attached to an aromatic ring is 1. The summed E-state index contributed by atoms with van der Waals surface area (Å²) in [5, 5.41) is 9.65. The number of aromatic nitrogens is 7. The second kappa shape index (κ2) is 7.81. The van der Waals surface area contributed by atoms with Crippen LogP contribution in [0.2, 0.25) is 10.0 Å². The third kappa shape index (κ3) is 3.24. The summed E-state index contributed by atoms with van der Waals surface area (Å²) < 4.78 is 4.54. The smallest absolute Gasteiger partial charge is 0.284 e. The van der Waals surface area contributed by atoms with E-state index in [9.17, 15) is 4.79 Å². The first-order valence-electron chi connectivity index (χ1n) is 9.73. The summed E-state index contributed by atoms with van der Waals surface area (Å²) >= 11 is 12.5. The number of hydrogen-bond acceptors (Lipinski definition) is 7. The van der Waals surface area contributed by atoms with Crippen molar-refractivity contribution in [1.82, 2.24) is 33.8 Å². The second-order valence-electron chi connectivity index (χ2n) is 6.97. The molecule has 1 aromatic carbocycles. The van der Waals surface area contributed by atoms with Crippen LogP contribution < -0.4 is 16.2 Å². The molecule has 0 aliphatic rings. The fourth-order valence-corrected chi connectivity index (χ4v) is 3.96. The number of hydrogen-bond donors (Lipinski definition) is 1. The lowest BCUT2D eigenvalue weighted by Gasteiger charge is -2.23. The van der Waals surface area contributed by atoms with Crippen LogP contribution in [0.3, 0.4) is 0 Å². The van der Waals surface area contributed by atoms with E-state index >= 15 is 0 Å². The first-order chi connectivity index (χ1) is 15.5. The molecule has 4 aromatic heterocycles. The second-order valence-corrected chi connectivity index (χ2v) is 7.79. The predicted octanol–water partition coefficient (Wildman–Crippen LogP) is 2.84. The van der Waals surface area contributed by atoms with Crippen molar-refractivity contribution in [2.24, 2.45) is 0 Å². The lowest BCUT2D eigenvalue weighted by molar-refractivity contribution is 0.666. The molecule has 0 fully saturated rings. The lowest BCUT2D eigenvalue weighted by Crippen LogP contribution is -2.33. The Bertz CT molecular complexity index is 1510. The lowest BCUT2D eigenvalue weighted by atomic mass is 10.3. The highest BCUT2D eigenvalue weighted by atomic mass is 35.5. The molecule has 0 atom stereocenters. The first kappa shape index (κ1) is 20.3. The zero-order valence-electron chi connectivity index (χ0n) is 16.9. The van der Waals surface area contributed by atoms with E-state index < -0.39 is 0 Å². The molecule has 12 heteroatoms. The number of fused-ring (bicyclic) bond motifs is 2. The van der Waals surface area contributed by atoms with Gasteiger partial charge in [0.05, 0.1) is 23.5 Å². The summed E-state index contributed by atoms with van der Waals surface area (Å²) in [6.45, 7) is 2.71. The van der Waals surface area contributed by atoms with Gasteiger partial charge in [-0.1, -0.05) is 41.4 Å². The molecular formula is C20H17Cl2N9O. The molecule has 0 amide bonds. The highest BCUT2D eigenvalue weighted by molar-refractivity contribution is 6.34. The number of benzene rings is 1. The van der Waals surface area contributed by atoms with Gasteiger partial charge in [-0.05, 0) is 25.1 Å². The van der Waals surface area contributed by atoms with Crippen LogP contribution in [0.5, 0.6) is 0 Å². The topological polar surface area (TPSA) is 112 Å². The minimum absolute atomic E-state index is 0.0643. The van der Waals surface area contributed by atoms with Gasteiger partial charge >= 0.3 is 0 Å². The summed E-state index contributed by atoms with van der Waals surface area (Å²) in [6.07, 6.45) is 3.14. The monoisotopic (exact) mass is 469 g/mol. The number of nitrogens with two attached hydrogens (primary N) is 1. The van der Waals surface area contributed by atoms with E-state index in [0.29, 0.717) is 45.2 Å². The molecular weight excluding hydrogens is 453 g/mol. The van der Waals surface area contributed by atoms with E-state index in [2.05, 4.69) is 20.2 Å². The number of nitrogens with zero attached hydrogens (tertiary/aromatic N) is 8. The number of para-hydroxylation sites is 1. The highest BCUT2D eigenvalue weighted by Crippen LogP contribution is 2.23. The molecule has 0 unspecified atom stereocenters. The maximum atomic E-state index is 13.4. The van der Waals surface area contributed by atoms with E-state index in [1.54, 1.807) is 16.8 Å². The Morgan fingerprint density at radius 1 is 1.09 bits per heavy atom. The van der Waals surface area contributed by atoms with Gasteiger partial charge in [0.25, 0.3) is 5.56 Å². The van der Waals surface area contributed by atoms with Gasteiger partial charge in [-0.2, -0.15) is 24.7 Å². The molecule has 0 saturated carbocycles. The summed E-state index contributed by atoms with van der Waals surface area (Å²) in [4.78, 5) is 23.8. The minimum Gasteiger partial charge on any atom is -0.368 e. The van der Waals surface area contributed by atoms with Crippen LogP contribution in [0.25, 0.3) is 16.9 Å². The van der Waals surface area contributed by atoms with Gasteiger partial charge in [0.1, 0.15) is 10.5 Å². The molecule has 10 nitrogen and oxygen atoms in total. The summed E-state index contributed by atoms with van der Waals surface area (Å²) in [7, 11) is 0. The Labute approximate surface area is 191 Å². The molecule has 0 aliphatic carbocycles. The SMILES string of the molecule is CCN(Cc1nn2ccc(Cl)c2c(=O)n1-c1ccccc1)c1nc(N)nc2c(Cl)cnn12. The third-order valence-corrected chi connectivity index (χ3v) is 5.61. The van der Waals surface area contributed by atoms with Crippen molar-refractivity contribution in [3.05, 3.63) is 75.0 Å². The van der Waals surface area contributed by atoms with Crippen molar-refractivity contribution in [2.45, 2.75) is 13.5 Å².